The van der Waals surface area contributed by atoms with E-state index in [-0.39, 0.29) is 11.3 Å². The molecule has 1 saturated heterocycles. The summed E-state index contributed by atoms with van der Waals surface area (Å²) in [5.41, 5.74) is 1.08. The van der Waals surface area contributed by atoms with Crippen LogP contribution in [0.1, 0.15) is 50.5 Å². The van der Waals surface area contributed by atoms with Gasteiger partial charge in [-0.3, -0.25) is 4.79 Å². The second-order valence-electron chi connectivity index (χ2n) is 6.15. The van der Waals surface area contributed by atoms with E-state index >= 15 is 0 Å². The Bertz CT molecular complexity index is 527. The topological polar surface area (TPSA) is 38.8 Å². The van der Waals surface area contributed by atoms with Gasteiger partial charge < -0.3 is 14.4 Å². The Labute approximate surface area is 149 Å². The Kier molecular flexibility index (Phi) is 7.28. The molecule has 0 aliphatic carbocycles. The lowest BCUT2D eigenvalue weighted by molar-refractivity contribution is -0.136. The van der Waals surface area contributed by atoms with Crippen molar-refractivity contribution in [2.75, 3.05) is 26.5 Å². The first-order valence-corrected chi connectivity index (χ1v) is 9.84. The molecule has 24 heavy (non-hydrogen) atoms. The van der Waals surface area contributed by atoms with Crippen LogP contribution < -0.4 is 9.47 Å². The molecule has 134 valence electrons. The van der Waals surface area contributed by atoms with Crippen LogP contribution in [0, 0.1) is 5.92 Å². The highest BCUT2D eigenvalue weighted by Gasteiger charge is 2.34. The highest BCUT2D eigenvalue weighted by atomic mass is 32.2. The van der Waals surface area contributed by atoms with Gasteiger partial charge in [-0.2, -0.15) is 0 Å². The molecule has 0 aromatic heterocycles. The van der Waals surface area contributed by atoms with Gasteiger partial charge in [0.05, 0.1) is 14.2 Å². The summed E-state index contributed by atoms with van der Waals surface area (Å²) in [5, 5.41) is 0.0529. The molecule has 2 unspecified atom stereocenters. The van der Waals surface area contributed by atoms with Crippen molar-refractivity contribution >= 4 is 17.7 Å². The standard InChI is InChI=1S/C19H29NO3S/c1-5-7-8-14(6-2)18(21)20-9-10-24-19(20)15-11-16(22-3)13-17(12-15)23-4/h11-14,19H,5-10H2,1-4H3. The number of hydrogen-bond acceptors (Lipinski definition) is 4. The van der Waals surface area contributed by atoms with Gasteiger partial charge >= 0.3 is 0 Å². The molecule has 1 aromatic carbocycles. The van der Waals surface area contributed by atoms with E-state index in [0.717, 1.165) is 55.0 Å². The van der Waals surface area contributed by atoms with Gasteiger partial charge in [0.25, 0.3) is 0 Å². The maximum absolute atomic E-state index is 13.0. The van der Waals surface area contributed by atoms with Crippen molar-refractivity contribution in [2.24, 2.45) is 5.92 Å². The third-order valence-corrected chi connectivity index (χ3v) is 5.84. The quantitative estimate of drug-likeness (QED) is 0.691. The molecule has 0 radical (unpaired) electrons. The fourth-order valence-corrected chi connectivity index (χ4v) is 4.37. The summed E-state index contributed by atoms with van der Waals surface area (Å²) >= 11 is 1.82. The molecule has 1 aromatic rings. The molecule has 1 aliphatic heterocycles. The minimum absolute atomic E-state index is 0.0529. The summed E-state index contributed by atoms with van der Waals surface area (Å²) in [4.78, 5) is 15.1. The zero-order chi connectivity index (χ0) is 17.5. The van der Waals surface area contributed by atoms with Crippen LogP contribution in [-0.2, 0) is 4.79 Å². The first-order valence-electron chi connectivity index (χ1n) is 8.79. The predicted molar refractivity (Wildman–Crippen MR) is 99.8 cm³/mol. The van der Waals surface area contributed by atoms with E-state index in [1.54, 1.807) is 14.2 Å². The fraction of sp³-hybridized carbons (Fsp3) is 0.632. The first-order chi connectivity index (χ1) is 11.6. The molecule has 4 nitrogen and oxygen atoms in total. The summed E-state index contributed by atoms with van der Waals surface area (Å²) in [6, 6.07) is 5.89. The van der Waals surface area contributed by atoms with Crippen LogP contribution >= 0.6 is 11.8 Å². The zero-order valence-corrected chi connectivity index (χ0v) is 16.0. The van der Waals surface area contributed by atoms with Crippen LogP contribution in [0.25, 0.3) is 0 Å². The highest BCUT2D eigenvalue weighted by Crippen LogP contribution is 2.41. The van der Waals surface area contributed by atoms with Crippen LogP contribution in [-0.4, -0.2) is 37.3 Å². The van der Waals surface area contributed by atoms with E-state index in [1.165, 1.54) is 0 Å². The molecule has 0 saturated carbocycles. The second-order valence-corrected chi connectivity index (χ2v) is 7.34. The van der Waals surface area contributed by atoms with Crippen LogP contribution in [0.3, 0.4) is 0 Å². The van der Waals surface area contributed by atoms with Crippen LogP contribution in [0.15, 0.2) is 18.2 Å². The number of ether oxygens (including phenoxy) is 2. The van der Waals surface area contributed by atoms with Crippen molar-refractivity contribution < 1.29 is 14.3 Å². The predicted octanol–water partition coefficient (Wildman–Crippen LogP) is 4.49. The Hall–Kier alpha value is -1.36. The van der Waals surface area contributed by atoms with Crippen molar-refractivity contribution in [3.05, 3.63) is 23.8 Å². The van der Waals surface area contributed by atoms with Gasteiger partial charge in [0.1, 0.15) is 16.9 Å². The van der Waals surface area contributed by atoms with Crippen molar-refractivity contribution in [3.8, 4) is 11.5 Å². The van der Waals surface area contributed by atoms with Gasteiger partial charge in [0.2, 0.25) is 5.91 Å². The number of thioether (sulfide) groups is 1. The van der Waals surface area contributed by atoms with Gasteiger partial charge in [0, 0.05) is 24.3 Å². The van der Waals surface area contributed by atoms with Crippen LogP contribution in [0.4, 0.5) is 0 Å². The second kappa shape index (κ2) is 9.21. The fourth-order valence-electron chi connectivity index (χ4n) is 3.13. The minimum Gasteiger partial charge on any atom is -0.497 e. The third kappa shape index (κ3) is 4.38. The number of methoxy groups -OCH3 is 2. The van der Waals surface area contributed by atoms with Crippen LogP contribution in [0.2, 0.25) is 0 Å². The molecule has 2 rings (SSSR count). The molecule has 1 fully saturated rings. The van der Waals surface area contributed by atoms with Crippen LogP contribution in [0.5, 0.6) is 11.5 Å². The van der Waals surface area contributed by atoms with Gasteiger partial charge in [-0.1, -0.05) is 26.7 Å². The molecule has 2 atom stereocenters. The lowest BCUT2D eigenvalue weighted by Gasteiger charge is -2.28. The van der Waals surface area contributed by atoms with Gasteiger partial charge in [-0.05, 0) is 30.5 Å². The third-order valence-electron chi connectivity index (χ3n) is 4.58. The van der Waals surface area contributed by atoms with Crippen molar-refractivity contribution in [1.82, 2.24) is 4.90 Å². The van der Waals surface area contributed by atoms with Gasteiger partial charge in [-0.15, -0.1) is 11.8 Å². The Balaban J connectivity index is 2.22. The average Bonchev–Trinajstić information content (AvgIpc) is 3.11. The van der Waals surface area contributed by atoms with Crippen molar-refractivity contribution in [3.63, 3.8) is 0 Å². The van der Waals surface area contributed by atoms with E-state index in [9.17, 15) is 4.79 Å². The summed E-state index contributed by atoms with van der Waals surface area (Å²) < 4.78 is 10.8. The Morgan fingerprint density at radius 1 is 1.25 bits per heavy atom. The summed E-state index contributed by atoms with van der Waals surface area (Å²) in [7, 11) is 3.31. The normalized spacial score (nSPS) is 18.5. The largest absolute Gasteiger partial charge is 0.497 e. The first kappa shape index (κ1) is 19.0. The maximum Gasteiger partial charge on any atom is 0.226 e. The minimum atomic E-state index is 0.0529. The number of rotatable bonds is 8. The van der Waals surface area contributed by atoms with Gasteiger partial charge in [-0.25, -0.2) is 0 Å². The molecule has 1 amide bonds. The molecule has 0 spiro atoms. The zero-order valence-electron chi connectivity index (χ0n) is 15.2. The molecule has 0 bridgehead atoms. The molecule has 5 heteroatoms. The Morgan fingerprint density at radius 3 is 2.46 bits per heavy atom. The lowest BCUT2D eigenvalue weighted by Crippen LogP contribution is -2.35. The van der Waals surface area contributed by atoms with E-state index in [1.807, 2.05) is 34.9 Å². The number of amides is 1. The maximum atomic E-state index is 13.0. The number of carbonyl (C=O) groups excluding carboxylic acids is 1. The smallest absolute Gasteiger partial charge is 0.226 e. The number of hydrogen-bond donors (Lipinski definition) is 0. The number of nitrogens with zero attached hydrogens (tertiary/aromatic N) is 1. The van der Waals surface area contributed by atoms with E-state index in [0.29, 0.717) is 5.91 Å². The SMILES string of the molecule is CCCCC(CC)C(=O)N1CCSC1c1cc(OC)cc(OC)c1. The van der Waals surface area contributed by atoms with E-state index < -0.39 is 0 Å². The van der Waals surface area contributed by atoms with E-state index in [2.05, 4.69) is 13.8 Å². The van der Waals surface area contributed by atoms with Crippen molar-refractivity contribution in [1.29, 1.82) is 0 Å². The molecule has 1 aliphatic rings. The van der Waals surface area contributed by atoms with E-state index in [4.69, 9.17) is 9.47 Å². The number of carbonyl (C=O) groups is 1. The van der Waals surface area contributed by atoms with Crippen molar-refractivity contribution in [2.45, 2.75) is 44.9 Å². The lowest BCUT2D eigenvalue weighted by atomic mass is 9.97. The number of benzene rings is 1. The molecule has 0 N–H and O–H groups in total. The van der Waals surface area contributed by atoms with Gasteiger partial charge in [0.15, 0.2) is 0 Å². The molecular weight excluding hydrogens is 322 g/mol. The monoisotopic (exact) mass is 351 g/mol. The Morgan fingerprint density at radius 2 is 1.92 bits per heavy atom. The average molecular weight is 352 g/mol. The number of unbranched alkanes of at least 4 members (excludes halogenated alkanes) is 1. The summed E-state index contributed by atoms with van der Waals surface area (Å²) in [6.45, 7) is 5.11. The highest BCUT2D eigenvalue weighted by molar-refractivity contribution is 7.99. The summed E-state index contributed by atoms with van der Waals surface area (Å²) in [5.74, 6) is 2.94. The summed E-state index contributed by atoms with van der Waals surface area (Å²) in [6.07, 6.45) is 4.15. The molecule has 1 heterocycles. The molecular formula is C19H29NO3S.